The molecule has 3 aromatic rings. The third kappa shape index (κ3) is 8.16. The molecular formula is C31H39N5O6. The number of oxime groups is 1. The van der Waals surface area contributed by atoms with Crippen molar-refractivity contribution in [1.29, 1.82) is 0 Å². The minimum Gasteiger partial charge on any atom is -0.444 e. The summed E-state index contributed by atoms with van der Waals surface area (Å²) in [6, 6.07) is 16.1. The Hall–Kier alpha value is -4.25. The Morgan fingerprint density at radius 3 is 2.31 bits per heavy atom. The first kappa shape index (κ1) is 30.7. The molecule has 11 nitrogen and oxygen atoms in total. The van der Waals surface area contributed by atoms with E-state index in [0.29, 0.717) is 17.7 Å². The predicted octanol–water partition coefficient (Wildman–Crippen LogP) is 5.71. The monoisotopic (exact) mass is 577 g/mol. The third-order valence-corrected chi connectivity index (χ3v) is 6.31. The zero-order valence-electron chi connectivity index (χ0n) is 25.2. The Bertz CT molecular complexity index is 1390. The van der Waals surface area contributed by atoms with E-state index >= 15 is 0 Å². The molecular weight excluding hydrogens is 538 g/mol. The molecule has 224 valence electrons. The number of amides is 2. The molecule has 2 amide bonds. The van der Waals surface area contributed by atoms with Gasteiger partial charge >= 0.3 is 6.09 Å². The van der Waals surface area contributed by atoms with Crippen molar-refractivity contribution >= 4 is 17.7 Å². The summed E-state index contributed by atoms with van der Waals surface area (Å²) in [6.45, 7) is 11.4. The van der Waals surface area contributed by atoms with E-state index in [1.165, 1.54) is 7.11 Å². The minimum atomic E-state index is -0.775. The van der Waals surface area contributed by atoms with Crippen molar-refractivity contribution in [2.45, 2.75) is 71.2 Å². The molecule has 2 atom stereocenters. The predicted molar refractivity (Wildman–Crippen MR) is 157 cm³/mol. The first-order valence-corrected chi connectivity index (χ1v) is 13.9. The highest BCUT2D eigenvalue weighted by molar-refractivity contribution is 6.00. The molecule has 0 radical (unpaired) electrons. The molecule has 0 saturated carbocycles. The number of alkyl carbamates (subject to hydrolysis) is 1. The molecule has 0 bridgehead atoms. The zero-order valence-corrected chi connectivity index (χ0v) is 25.2. The number of carbonyl (C=O) groups excluding carboxylic acids is 2. The molecule has 0 aliphatic carbocycles. The molecule has 1 N–H and O–H groups in total. The summed E-state index contributed by atoms with van der Waals surface area (Å²) in [4.78, 5) is 37.6. The molecule has 0 unspecified atom stereocenters. The van der Waals surface area contributed by atoms with E-state index < -0.39 is 29.4 Å². The van der Waals surface area contributed by atoms with Crippen LogP contribution in [0.4, 0.5) is 4.79 Å². The highest BCUT2D eigenvalue weighted by Gasteiger charge is 2.39. The fourth-order valence-corrected chi connectivity index (χ4v) is 4.43. The number of nitrogens with one attached hydrogen (secondary N) is 1. The zero-order chi connectivity index (χ0) is 30.5. The summed E-state index contributed by atoms with van der Waals surface area (Å²) in [7, 11) is 1.46. The van der Waals surface area contributed by atoms with Crippen LogP contribution in [0.5, 0.6) is 0 Å². The van der Waals surface area contributed by atoms with Gasteiger partial charge in [-0.15, -0.1) is 0 Å². The first-order chi connectivity index (χ1) is 19.8. The Morgan fingerprint density at radius 1 is 1.02 bits per heavy atom. The van der Waals surface area contributed by atoms with Gasteiger partial charge < -0.3 is 29.1 Å². The Labute approximate surface area is 246 Å². The fraction of sp³-hybridized carbons (Fsp3) is 0.452. The Balaban J connectivity index is 1.58. The van der Waals surface area contributed by atoms with Crippen LogP contribution in [0.25, 0.3) is 11.1 Å². The molecule has 42 heavy (non-hydrogen) atoms. The molecule has 2 heterocycles. The van der Waals surface area contributed by atoms with Gasteiger partial charge in [0, 0.05) is 12.0 Å². The standard InChI is InChI=1S/C31H39N5O6/c1-30(2,3)40-19-24(32-29(38)41-31(4,5)6)27-33-26(35-42-27)25-17-23(34-39-7)18-36(25)28(37)22-15-13-21(14-16-22)20-11-9-8-10-12-20/h8-16,24-25H,17-19H2,1-7H3,(H,32,38)/t24-,25-/m0/s1. The van der Waals surface area contributed by atoms with E-state index in [-0.39, 0.29) is 30.8 Å². The lowest BCUT2D eigenvalue weighted by Gasteiger charge is -2.25. The van der Waals surface area contributed by atoms with Crippen LogP contribution in [0.1, 0.15) is 82.1 Å². The van der Waals surface area contributed by atoms with Gasteiger partial charge in [-0.05, 0) is 64.8 Å². The maximum Gasteiger partial charge on any atom is 0.408 e. The molecule has 4 rings (SSSR count). The van der Waals surface area contributed by atoms with Gasteiger partial charge in [0.2, 0.25) is 0 Å². The second kappa shape index (κ2) is 12.7. The topological polar surface area (TPSA) is 128 Å². The van der Waals surface area contributed by atoms with E-state index in [4.69, 9.17) is 18.8 Å². The molecule has 11 heteroatoms. The summed E-state index contributed by atoms with van der Waals surface area (Å²) in [5.74, 6) is 0.218. The van der Waals surface area contributed by atoms with E-state index in [9.17, 15) is 9.59 Å². The number of hydrogen-bond donors (Lipinski definition) is 1. The van der Waals surface area contributed by atoms with Gasteiger partial charge in [-0.3, -0.25) is 4.79 Å². The SMILES string of the molecule is CON=C1C[C@@H](c2noc([C@H](COC(C)(C)C)NC(=O)OC(C)(C)C)n2)N(C(=O)c2ccc(-c3ccccc3)cc2)C1. The third-order valence-electron chi connectivity index (χ3n) is 6.31. The molecule has 1 aliphatic rings. The maximum absolute atomic E-state index is 13.7. The number of ether oxygens (including phenoxy) is 2. The Kier molecular flexibility index (Phi) is 9.30. The molecule has 0 spiro atoms. The molecule has 1 aromatic heterocycles. The van der Waals surface area contributed by atoms with Crippen molar-refractivity contribution in [3.63, 3.8) is 0 Å². The summed E-state index contributed by atoms with van der Waals surface area (Å²) >= 11 is 0. The van der Waals surface area contributed by atoms with Gasteiger partial charge in [0.05, 0.1) is 24.5 Å². The van der Waals surface area contributed by atoms with Crippen LogP contribution in [-0.4, -0.2) is 64.2 Å². The average molecular weight is 578 g/mol. The summed E-state index contributed by atoms with van der Waals surface area (Å²) < 4.78 is 17.0. The van der Waals surface area contributed by atoms with Crippen molar-refractivity contribution in [2.24, 2.45) is 5.16 Å². The molecule has 2 aromatic carbocycles. The largest absolute Gasteiger partial charge is 0.444 e. The van der Waals surface area contributed by atoms with Gasteiger partial charge in [0.15, 0.2) is 5.82 Å². The fourth-order valence-electron chi connectivity index (χ4n) is 4.43. The van der Waals surface area contributed by atoms with Gasteiger partial charge in [-0.25, -0.2) is 4.79 Å². The van der Waals surface area contributed by atoms with E-state index in [0.717, 1.165) is 11.1 Å². The lowest BCUT2D eigenvalue weighted by molar-refractivity contribution is -0.0213. The second-order valence-electron chi connectivity index (χ2n) is 12.0. The van der Waals surface area contributed by atoms with E-state index in [1.807, 2.05) is 63.2 Å². The molecule has 1 saturated heterocycles. The van der Waals surface area contributed by atoms with Crippen molar-refractivity contribution in [3.05, 3.63) is 71.9 Å². The van der Waals surface area contributed by atoms with Crippen LogP contribution in [0, 0.1) is 0 Å². The van der Waals surface area contributed by atoms with Gasteiger partial charge in [-0.2, -0.15) is 4.98 Å². The van der Waals surface area contributed by atoms with Gasteiger partial charge in [0.1, 0.15) is 24.8 Å². The minimum absolute atomic E-state index is 0.0713. The number of likely N-dealkylation sites (tertiary alicyclic amines) is 1. The van der Waals surface area contributed by atoms with Crippen molar-refractivity contribution in [1.82, 2.24) is 20.4 Å². The number of hydrogen-bond acceptors (Lipinski definition) is 9. The second-order valence-corrected chi connectivity index (χ2v) is 12.0. The maximum atomic E-state index is 13.7. The van der Waals surface area contributed by atoms with E-state index in [1.54, 1.807) is 37.8 Å². The summed E-state index contributed by atoms with van der Waals surface area (Å²) in [5.41, 5.74) is 2.09. The van der Waals surface area contributed by atoms with Crippen LogP contribution in [0.2, 0.25) is 0 Å². The van der Waals surface area contributed by atoms with Crippen LogP contribution in [0.15, 0.2) is 64.3 Å². The number of benzene rings is 2. The van der Waals surface area contributed by atoms with Gasteiger partial charge in [0.25, 0.3) is 11.8 Å². The number of nitrogens with zero attached hydrogens (tertiary/aromatic N) is 4. The first-order valence-electron chi connectivity index (χ1n) is 13.9. The van der Waals surface area contributed by atoms with Crippen LogP contribution in [0.3, 0.4) is 0 Å². The van der Waals surface area contributed by atoms with Gasteiger partial charge in [-0.1, -0.05) is 52.8 Å². The highest BCUT2D eigenvalue weighted by atomic mass is 16.6. The number of rotatable bonds is 8. The summed E-state index contributed by atoms with van der Waals surface area (Å²) in [5, 5.41) is 11.1. The quantitative estimate of drug-likeness (QED) is 0.337. The van der Waals surface area contributed by atoms with Crippen molar-refractivity contribution < 1.29 is 28.4 Å². The Morgan fingerprint density at radius 2 is 1.69 bits per heavy atom. The van der Waals surface area contributed by atoms with Crippen molar-refractivity contribution in [2.75, 3.05) is 20.3 Å². The van der Waals surface area contributed by atoms with E-state index in [2.05, 4.69) is 20.6 Å². The lowest BCUT2D eigenvalue weighted by Crippen LogP contribution is -2.38. The molecule has 1 fully saturated rings. The number of carbonyl (C=O) groups is 2. The van der Waals surface area contributed by atoms with Crippen LogP contribution in [-0.2, 0) is 14.3 Å². The lowest BCUT2D eigenvalue weighted by atomic mass is 10.0. The number of aromatic nitrogens is 2. The average Bonchev–Trinajstić information content (AvgIpc) is 3.58. The van der Waals surface area contributed by atoms with Crippen molar-refractivity contribution in [3.8, 4) is 11.1 Å². The molecule has 1 aliphatic heterocycles. The van der Waals surface area contributed by atoms with Crippen LogP contribution < -0.4 is 5.32 Å². The summed E-state index contributed by atoms with van der Waals surface area (Å²) in [6.07, 6.45) is -0.278. The highest BCUT2D eigenvalue weighted by Crippen LogP contribution is 2.32. The van der Waals surface area contributed by atoms with Crippen LogP contribution >= 0.6 is 0 Å². The normalized spacial score (nSPS) is 17.3. The smallest absolute Gasteiger partial charge is 0.408 e.